The summed E-state index contributed by atoms with van der Waals surface area (Å²) in [5.41, 5.74) is 0. The Morgan fingerprint density at radius 2 is 2.27 bits per heavy atom. The second-order valence-electron chi connectivity index (χ2n) is 3.57. The maximum Gasteiger partial charge on any atom is 0.407 e. The van der Waals surface area contributed by atoms with Gasteiger partial charge in [-0.2, -0.15) is 0 Å². The van der Waals surface area contributed by atoms with Crippen LogP contribution in [0.3, 0.4) is 0 Å². The number of alkyl carbamates (subject to hydrolysis) is 1. The zero-order valence-corrected chi connectivity index (χ0v) is 9.92. The van der Waals surface area contributed by atoms with Crippen LogP contribution in [0, 0.1) is 0 Å². The highest BCUT2D eigenvalue weighted by molar-refractivity contribution is 5.67. The van der Waals surface area contributed by atoms with Gasteiger partial charge in [0.15, 0.2) is 0 Å². The summed E-state index contributed by atoms with van der Waals surface area (Å²) < 4.78 is 5.30. The van der Waals surface area contributed by atoms with Gasteiger partial charge in [-0.25, -0.2) is 4.79 Å². The number of hydrogen-bond acceptors (Lipinski definition) is 2. The van der Waals surface area contributed by atoms with E-state index in [2.05, 4.69) is 18.8 Å². The number of allylic oxidation sites excluding steroid dienone is 1. The van der Waals surface area contributed by atoms with Gasteiger partial charge in [-0.05, 0) is 26.2 Å². The van der Waals surface area contributed by atoms with Gasteiger partial charge in [-0.1, -0.05) is 25.8 Å². The van der Waals surface area contributed by atoms with Crippen LogP contribution in [0.2, 0.25) is 0 Å². The molecule has 1 N–H and O–H groups in total. The SMILES string of the molecule is C=CCCC(CCCC)OC(=O)NCC.[HH]. The third-order valence-electron chi connectivity index (χ3n) is 2.17. The summed E-state index contributed by atoms with van der Waals surface area (Å²) in [5.74, 6) is 0. The van der Waals surface area contributed by atoms with Crippen LogP contribution >= 0.6 is 0 Å². The molecule has 0 aliphatic rings. The molecule has 0 radical (unpaired) electrons. The highest BCUT2D eigenvalue weighted by Gasteiger charge is 2.12. The zero-order chi connectivity index (χ0) is 11.5. The van der Waals surface area contributed by atoms with Crippen LogP contribution in [-0.2, 0) is 4.74 Å². The maximum atomic E-state index is 11.2. The van der Waals surface area contributed by atoms with E-state index < -0.39 is 0 Å². The van der Waals surface area contributed by atoms with Gasteiger partial charge in [0.2, 0.25) is 0 Å². The van der Waals surface area contributed by atoms with Crippen molar-refractivity contribution in [1.82, 2.24) is 5.32 Å². The molecule has 0 saturated heterocycles. The molecule has 0 heterocycles. The first kappa shape index (κ1) is 14.0. The second kappa shape index (κ2) is 9.56. The van der Waals surface area contributed by atoms with Crippen LogP contribution in [0.15, 0.2) is 12.7 Å². The van der Waals surface area contributed by atoms with Crippen molar-refractivity contribution >= 4 is 6.09 Å². The fourth-order valence-corrected chi connectivity index (χ4v) is 1.34. The third-order valence-corrected chi connectivity index (χ3v) is 2.17. The Bertz CT molecular complexity index is 186. The van der Waals surface area contributed by atoms with Gasteiger partial charge in [0.25, 0.3) is 0 Å². The monoisotopic (exact) mass is 215 g/mol. The lowest BCUT2D eigenvalue weighted by Gasteiger charge is -2.16. The molecule has 3 heteroatoms. The van der Waals surface area contributed by atoms with Gasteiger partial charge < -0.3 is 10.1 Å². The van der Waals surface area contributed by atoms with Crippen LogP contribution in [0.4, 0.5) is 4.79 Å². The van der Waals surface area contributed by atoms with E-state index in [-0.39, 0.29) is 13.6 Å². The van der Waals surface area contributed by atoms with Crippen molar-refractivity contribution in [3.63, 3.8) is 0 Å². The number of ether oxygens (including phenoxy) is 1. The summed E-state index contributed by atoms with van der Waals surface area (Å²) in [5, 5.41) is 2.64. The van der Waals surface area contributed by atoms with Crippen LogP contribution in [0.1, 0.15) is 47.4 Å². The predicted molar refractivity (Wildman–Crippen MR) is 65.0 cm³/mol. The number of amides is 1. The van der Waals surface area contributed by atoms with Crippen molar-refractivity contribution in [3.8, 4) is 0 Å². The topological polar surface area (TPSA) is 38.3 Å². The number of rotatable bonds is 8. The van der Waals surface area contributed by atoms with E-state index in [4.69, 9.17) is 4.74 Å². The lowest BCUT2D eigenvalue weighted by atomic mass is 10.1. The second-order valence-corrected chi connectivity index (χ2v) is 3.57. The molecule has 1 amide bonds. The van der Waals surface area contributed by atoms with Crippen molar-refractivity contribution in [2.45, 2.75) is 52.1 Å². The summed E-state index contributed by atoms with van der Waals surface area (Å²) in [6.45, 7) is 8.30. The summed E-state index contributed by atoms with van der Waals surface area (Å²) >= 11 is 0. The lowest BCUT2D eigenvalue weighted by Crippen LogP contribution is -2.28. The molecule has 1 atom stereocenters. The summed E-state index contributed by atoms with van der Waals surface area (Å²) in [4.78, 5) is 11.2. The van der Waals surface area contributed by atoms with Crippen molar-refractivity contribution < 1.29 is 11.0 Å². The normalized spacial score (nSPS) is 11.9. The molecule has 3 nitrogen and oxygen atoms in total. The van der Waals surface area contributed by atoms with Gasteiger partial charge in [0.1, 0.15) is 6.10 Å². The minimum Gasteiger partial charge on any atom is -0.446 e. The van der Waals surface area contributed by atoms with Crippen molar-refractivity contribution in [2.75, 3.05) is 6.54 Å². The first-order chi connectivity index (χ1) is 7.24. The Morgan fingerprint density at radius 3 is 2.80 bits per heavy atom. The number of carbonyl (C=O) groups is 1. The largest absolute Gasteiger partial charge is 0.446 e. The van der Waals surface area contributed by atoms with Crippen molar-refractivity contribution in [1.29, 1.82) is 0 Å². The molecule has 0 aromatic carbocycles. The molecule has 0 bridgehead atoms. The molecule has 0 rings (SSSR count). The molecular formula is C12H25NO2. The van der Waals surface area contributed by atoms with Crippen molar-refractivity contribution in [3.05, 3.63) is 12.7 Å². The fourth-order valence-electron chi connectivity index (χ4n) is 1.34. The van der Waals surface area contributed by atoms with Crippen LogP contribution in [0.5, 0.6) is 0 Å². The number of carbonyl (C=O) groups excluding carboxylic acids is 1. The molecule has 0 saturated carbocycles. The van der Waals surface area contributed by atoms with E-state index in [9.17, 15) is 4.79 Å². The Morgan fingerprint density at radius 1 is 1.53 bits per heavy atom. The number of unbranched alkanes of at least 4 members (excludes halogenated alkanes) is 1. The molecule has 15 heavy (non-hydrogen) atoms. The van der Waals surface area contributed by atoms with Crippen LogP contribution in [0.25, 0.3) is 0 Å². The van der Waals surface area contributed by atoms with E-state index in [0.29, 0.717) is 6.54 Å². The van der Waals surface area contributed by atoms with E-state index in [1.54, 1.807) is 0 Å². The van der Waals surface area contributed by atoms with Crippen LogP contribution in [-0.4, -0.2) is 18.7 Å². The number of hydrogen-bond donors (Lipinski definition) is 1. The molecule has 0 aromatic heterocycles. The average molecular weight is 215 g/mol. The van der Waals surface area contributed by atoms with Gasteiger partial charge in [-0.15, -0.1) is 6.58 Å². The summed E-state index contributed by atoms with van der Waals surface area (Å²) in [6, 6.07) is 0. The van der Waals surface area contributed by atoms with E-state index in [1.165, 1.54) is 0 Å². The van der Waals surface area contributed by atoms with Crippen LogP contribution < -0.4 is 5.32 Å². The van der Waals surface area contributed by atoms with Gasteiger partial charge in [-0.3, -0.25) is 0 Å². The highest BCUT2D eigenvalue weighted by Crippen LogP contribution is 2.11. The molecule has 0 aliphatic heterocycles. The minimum absolute atomic E-state index is 0. The molecule has 1 unspecified atom stereocenters. The van der Waals surface area contributed by atoms with E-state index in [0.717, 1.165) is 32.1 Å². The first-order valence-corrected chi connectivity index (χ1v) is 5.79. The van der Waals surface area contributed by atoms with Gasteiger partial charge in [0, 0.05) is 7.97 Å². The Labute approximate surface area is 94.4 Å². The average Bonchev–Trinajstić information content (AvgIpc) is 2.22. The zero-order valence-electron chi connectivity index (χ0n) is 9.92. The maximum absolute atomic E-state index is 11.2. The Kier molecular flexibility index (Phi) is 8.93. The molecular weight excluding hydrogens is 190 g/mol. The molecule has 0 spiro atoms. The Hall–Kier alpha value is -0.990. The van der Waals surface area contributed by atoms with Crippen molar-refractivity contribution in [2.24, 2.45) is 0 Å². The molecule has 90 valence electrons. The molecule has 0 fully saturated rings. The fraction of sp³-hybridized carbons (Fsp3) is 0.750. The minimum atomic E-state index is -0.303. The molecule has 0 aromatic rings. The van der Waals surface area contributed by atoms with Gasteiger partial charge in [0.05, 0.1) is 0 Å². The van der Waals surface area contributed by atoms with E-state index >= 15 is 0 Å². The van der Waals surface area contributed by atoms with Gasteiger partial charge >= 0.3 is 6.09 Å². The highest BCUT2D eigenvalue weighted by atomic mass is 16.6. The lowest BCUT2D eigenvalue weighted by molar-refractivity contribution is 0.0871. The summed E-state index contributed by atoms with van der Waals surface area (Å²) in [6.07, 6.45) is 6.54. The first-order valence-electron chi connectivity index (χ1n) is 5.79. The third kappa shape index (κ3) is 8.03. The Balaban J connectivity index is 0. The quantitative estimate of drug-likeness (QED) is 0.629. The summed E-state index contributed by atoms with van der Waals surface area (Å²) in [7, 11) is 0. The molecule has 0 aliphatic carbocycles. The predicted octanol–water partition coefficient (Wildman–Crippen LogP) is 3.50. The number of nitrogens with one attached hydrogen (secondary N) is 1. The van der Waals surface area contributed by atoms with E-state index in [1.807, 2.05) is 13.0 Å². The smallest absolute Gasteiger partial charge is 0.407 e. The standard InChI is InChI=1S/C12H23NO2.H2/c1-4-7-9-11(10-8-5-2)15-12(14)13-6-3;/h4,11H,1,5-10H2,2-3H3,(H,13,14);1H.